The number of aryl methyl sites for hydroxylation is 1. The Balaban J connectivity index is 1.85. The van der Waals surface area contributed by atoms with Crippen molar-refractivity contribution in [1.29, 1.82) is 0 Å². The Labute approximate surface area is 182 Å². The number of pyridine rings is 1. The summed E-state index contributed by atoms with van der Waals surface area (Å²) >= 11 is 0. The number of methoxy groups -OCH3 is 1. The SMILES string of the molecule is CCc1ccc(C(=O)Nc2cccnc2OCCOC)cc1S(=O)(=O)N1CCOCC1. The number of benzene rings is 1. The quantitative estimate of drug-likeness (QED) is 0.583. The van der Waals surface area contributed by atoms with Gasteiger partial charge in [0.15, 0.2) is 0 Å². The first-order valence-electron chi connectivity index (χ1n) is 10.1. The van der Waals surface area contributed by atoms with Crippen molar-refractivity contribution in [2.24, 2.45) is 0 Å². The number of hydrogen-bond acceptors (Lipinski definition) is 7. The van der Waals surface area contributed by atoms with E-state index >= 15 is 0 Å². The number of carbonyl (C=O) groups is 1. The number of nitrogens with one attached hydrogen (secondary N) is 1. The van der Waals surface area contributed by atoms with Crippen LogP contribution in [0.15, 0.2) is 41.4 Å². The van der Waals surface area contributed by atoms with Crippen LogP contribution in [0.5, 0.6) is 5.88 Å². The second kappa shape index (κ2) is 10.7. The molecule has 0 spiro atoms. The van der Waals surface area contributed by atoms with Crippen LogP contribution in [0.1, 0.15) is 22.8 Å². The number of hydrogen-bond donors (Lipinski definition) is 1. The minimum absolute atomic E-state index is 0.146. The van der Waals surface area contributed by atoms with E-state index in [1.54, 1.807) is 37.6 Å². The van der Waals surface area contributed by atoms with Crippen LogP contribution >= 0.6 is 0 Å². The van der Waals surface area contributed by atoms with Gasteiger partial charge >= 0.3 is 0 Å². The number of anilines is 1. The predicted molar refractivity (Wildman–Crippen MR) is 115 cm³/mol. The Morgan fingerprint density at radius 1 is 1.23 bits per heavy atom. The van der Waals surface area contributed by atoms with Crippen molar-refractivity contribution in [2.45, 2.75) is 18.2 Å². The Morgan fingerprint density at radius 3 is 2.71 bits per heavy atom. The average Bonchev–Trinajstić information content (AvgIpc) is 2.80. The summed E-state index contributed by atoms with van der Waals surface area (Å²) in [4.78, 5) is 17.2. The zero-order valence-electron chi connectivity index (χ0n) is 17.7. The van der Waals surface area contributed by atoms with Gasteiger partial charge in [0.1, 0.15) is 12.3 Å². The maximum atomic E-state index is 13.2. The lowest BCUT2D eigenvalue weighted by Gasteiger charge is -2.27. The van der Waals surface area contributed by atoms with E-state index in [0.29, 0.717) is 50.6 Å². The summed E-state index contributed by atoms with van der Waals surface area (Å²) in [7, 11) is -2.17. The largest absolute Gasteiger partial charge is 0.474 e. The molecule has 1 N–H and O–H groups in total. The van der Waals surface area contributed by atoms with Gasteiger partial charge in [-0.05, 0) is 36.2 Å². The lowest BCUT2D eigenvalue weighted by molar-refractivity contribution is 0.0730. The van der Waals surface area contributed by atoms with E-state index in [9.17, 15) is 13.2 Å². The third-order valence-corrected chi connectivity index (χ3v) is 6.82. The number of sulfonamides is 1. The van der Waals surface area contributed by atoms with E-state index in [4.69, 9.17) is 14.2 Å². The van der Waals surface area contributed by atoms with Crippen LogP contribution in [0.4, 0.5) is 5.69 Å². The normalized spacial score (nSPS) is 14.9. The fraction of sp³-hybridized carbons (Fsp3) is 0.429. The van der Waals surface area contributed by atoms with Crippen molar-refractivity contribution < 1.29 is 27.4 Å². The van der Waals surface area contributed by atoms with E-state index in [1.807, 2.05) is 6.92 Å². The lowest BCUT2D eigenvalue weighted by Crippen LogP contribution is -2.41. The topological polar surface area (TPSA) is 107 Å². The standard InChI is InChI=1S/C21H27N3O6S/c1-3-16-6-7-17(15-19(16)31(26,27)24-9-11-29-12-10-24)20(25)23-18-5-4-8-22-21(18)30-14-13-28-2/h4-8,15H,3,9-14H2,1-2H3,(H,23,25). The molecule has 2 aromatic rings. The molecule has 168 valence electrons. The molecule has 0 aliphatic carbocycles. The Bertz CT molecular complexity index is 1010. The number of carbonyl (C=O) groups excluding carboxylic acids is 1. The summed E-state index contributed by atoms with van der Waals surface area (Å²) in [5, 5.41) is 2.75. The summed E-state index contributed by atoms with van der Waals surface area (Å²) in [6.45, 7) is 3.84. The smallest absolute Gasteiger partial charge is 0.255 e. The van der Waals surface area contributed by atoms with Crippen molar-refractivity contribution in [1.82, 2.24) is 9.29 Å². The van der Waals surface area contributed by atoms with Gasteiger partial charge in [0.2, 0.25) is 15.9 Å². The van der Waals surface area contributed by atoms with Gasteiger partial charge in [-0.1, -0.05) is 13.0 Å². The van der Waals surface area contributed by atoms with E-state index in [-0.39, 0.29) is 22.9 Å². The zero-order valence-corrected chi connectivity index (χ0v) is 18.5. The van der Waals surface area contributed by atoms with E-state index in [1.165, 1.54) is 10.4 Å². The highest BCUT2D eigenvalue weighted by atomic mass is 32.2. The Morgan fingerprint density at radius 2 is 2.00 bits per heavy atom. The molecule has 1 aliphatic heterocycles. The number of ether oxygens (including phenoxy) is 3. The Kier molecular flexibility index (Phi) is 7.97. The fourth-order valence-electron chi connectivity index (χ4n) is 3.17. The van der Waals surface area contributed by atoms with Gasteiger partial charge in [-0.15, -0.1) is 0 Å². The molecule has 0 radical (unpaired) electrons. The van der Waals surface area contributed by atoms with Gasteiger partial charge in [0.25, 0.3) is 5.91 Å². The minimum Gasteiger partial charge on any atom is -0.474 e. The van der Waals surface area contributed by atoms with Crippen molar-refractivity contribution in [3.8, 4) is 5.88 Å². The first kappa shape index (κ1) is 23.1. The van der Waals surface area contributed by atoms with Crippen LogP contribution in [0.25, 0.3) is 0 Å². The number of amides is 1. The third-order valence-electron chi connectivity index (χ3n) is 4.84. The zero-order chi connectivity index (χ0) is 22.3. The van der Waals surface area contributed by atoms with Crippen LogP contribution < -0.4 is 10.1 Å². The van der Waals surface area contributed by atoms with Gasteiger partial charge < -0.3 is 19.5 Å². The van der Waals surface area contributed by atoms with Crippen molar-refractivity contribution in [2.75, 3.05) is 51.9 Å². The highest BCUT2D eigenvalue weighted by molar-refractivity contribution is 7.89. The highest BCUT2D eigenvalue weighted by Gasteiger charge is 2.29. The summed E-state index contributed by atoms with van der Waals surface area (Å²) in [6.07, 6.45) is 2.09. The van der Waals surface area contributed by atoms with Gasteiger partial charge in [-0.25, -0.2) is 13.4 Å². The van der Waals surface area contributed by atoms with Crippen LogP contribution in [-0.2, 0) is 25.9 Å². The first-order valence-corrected chi connectivity index (χ1v) is 11.5. The summed E-state index contributed by atoms with van der Waals surface area (Å²) < 4.78 is 43.6. The van der Waals surface area contributed by atoms with Crippen LogP contribution in [0.3, 0.4) is 0 Å². The molecule has 3 rings (SSSR count). The monoisotopic (exact) mass is 449 g/mol. The first-order chi connectivity index (χ1) is 15.0. The summed E-state index contributed by atoms with van der Waals surface area (Å²) in [6, 6.07) is 8.07. The molecule has 2 heterocycles. The average molecular weight is 450 g/mol. The second-order valence-corrected chi connectivity index (χ2v) is 8.75. The van der Waals surface area contributed by atoms with Gasteiger partial charge in [-0.3, -0.25) is 4.79 Å². The Hall–Kier alpha value is -2.53. The van der Waals surface area contributed by atoms with Crippen LogP contribution in [0, 0.1) is 0 Å². The minimum atomic E-state index is -3.73. The maximum Gasteiger partial charge on any atom is 0.255 e. The third kappa shape index (κ3) is 5.59. The molecule has 1 aromatic heterocycles. The molecule has 31 heavy (non-hydrogen) atoms. The van der Waals surface area contributed by atoms with Gasteiger partial charge in [0.05, 0.1) is 24.7 Å². The molecular formula is C21H27N3O6S. The molecule has 1 saturated heterocycles. The van der Waals surface area contributed by atoms with Gasteiger partial charge in [0, 0.05) is 32.0 Å². The number of rotatable bonds is 9. The molecule has 10 heteroatoms. The summed E-state index contributed by atoms with van der Waals surface area (Å²) in [5.41, 5.74) is 1.28. The molecule has 1 fully saturated rings. The number of morpholine rings is 1. The van der Waals surface area contributed by atoms with Crippen LogP contribution in [-0.4, -0.2) is 70.2 Å². The van der Waals surface area contributed by atoms with E-state index in [0.717, 1.165) is 0 Å². The molecule has 0 saturated carbocycles. The van der Waals surface area contributed by atoms with Gasteiger partial charge in [-0.2, -0.15) is 4.31 Å². The second-order valence-electron chi connectivity index (χ2n) is 6.84. The van der Waals surface area contributed by atoms with E-state index < -0.39 is 15.9 Å². The number of nitrogens with zero attached hydrogens (tertiary/aromatic N) is 2. The molecule has 1 amide bonds. The molecule has 0 atom stereocenters. The molecule has 9 nitrogen and oxygen atoms in total. The molecule has 0 bridgehead atoms. The number of aromatic nitrogens is 1. The molecular weight excluding hydrogens is 422 g/mol. The van der Waals surface area contributed by atoms with Crippen molar-refractivity contribution in [3.05, 3.63) is 47.7 Å². The predicted octanol–water partition coefficient (Wildman–Crippen LogP) is 1.94. The maximum absolute atomic E-state index is 13.2. The molecule has 1 aromatic carbocycles. The van der Waals surface area contributed by atoms with E-state index in [2.05, 4.69) is 10.3 Å². The van der Waals surface area contributed by atoms with Crippen LogP contribution in [0.2, 0.25) is 0 Å². The molecule has 1 aliphatic rings. The summed E-state index contributed by atoms with van der Waals surface area (Å²) in [5.74, 6) is -0.190. The fourth-order valence-corrected chi connectivity index (χ4v) is 4.90. The lowest BCUT2D eigenvalue weighted by atomic mass is 10.1. The molecule has 0 unspecified atom stereocenters. The van der Waals surface area contributed by atoms with Crippen molar-refractivity contribution in [3.63, 3.8) is 0 Å². The van der Waals surface area contributed by atoms with Crippen molar-refractivity contribution >= 4 is 21.6 Å². The highest BCUT2D eigenvalue weighted by Crippen LogP contribution is 2.25.